The molecule has 0 aromatic rings. The van der Waals surface area contributed by atoms with E-state index in [-0.39, 0.29) is 0 Å². The van der Waals surface area contributed by atoms with E-state index in [1.165, 1.54) is 12.8 Å². The molecule has 0 bridgehead atoms. The number of rotatable bonds is 4. The molecule has 0 aliphatic heterocycles. The van der Waals surface area contributed by atoms with Crippen LogP contribution in [0.2, 0.25) is 0 Å². The second-order valence-electron chi connectivity index (χ2n) is 3.49. The molecular weight excluding hydrogens is 126 g/mol. The molecule has 0 radical (unpaired) electrons. The van der Waals surface area contributed by atoms with E-state index in [1.54, 1.807) is 0 Å². The molecule has 1 fully saturated rings. The van der Waals surface area contributed by atoms with Crippen molar-refractivity contribution in [1.29, 1.82) is 0 Å². The van der Waals surface area contributed by atoms with Gasteiger partial charge in [-0.3, -0.25) is 0 Å². The number of aliphatic hydroxyl groups is 1. The standard InChI is InChI=1S/C8H17NO/c1-3-9(2)6-8(7-10)4-5-8/h10H,3-7H2,1-2H3. The summed E-state index contributed by atoms with van der Waals surface area (Å²) in [5.74, 6) is 0. The Kier molecular flexibility index (Phi) is 2.32. The van der Waals surface area contributed by atoms with Gasteiger partial charge in [0.15, 0.2) is 0 Å². The number of hydrogen-bond acceptors (Lipinski definition) is 2. The van der Waals surface area contributed by atoms with E-state index < -0.39 is 0 Å². The zero-order valence-corrected chi connectivity index (χ0v) is 6.93. The lowest BCUT2D eigenvalue weighted by Gasteiger charge is -2.19. The molecule has 0 aromatic carbocycles. The van der Waals surface area contributed by atoms with Crippen molar-refractivity contribution in [2.24, 2.45) is 5.41 Å². The van der Waals surface area contributed by atoms with Gasteiger partial charge < -0.3 is 10.0 Å². The molecule has 60 valence electrons. The first-order valence-corrected chi connectivity index (χ1v) is 4.02. The second-order valence-corrected chi connectivity index (χ2v) is 3.49. The van der Waals surface area contributed by atoms with E-state index in [4.69, 9.17) is 5.11 Å². The lowest BCUT2D eigenvalue weighted by atomic mass is 10.1. The quantitative estimate of drug-likeness (QED) is 0.626. The van der Waals surface area contributed by atoms with E-state index in [0.29, 0.717) is 12.0 Å². The third kappa shape index (κ3) is 1.70. The van der Waals surface area contributed by atoms with Gasteiger partial charge in [-0.15, -0.1) is 0 Å². The van der Waals surface area contributed by atoms with Crippen LogP contribution in [-0.4, -0.2) is 36.8 Å². The van der Waals surface area contributed by atoms with E-state index in [2.05, 4.69) is 18.9 Å². The molecule has 0 spiro atoms. The average molecular weight is 143 g/mol. The van der Waals surface area contributed by atoms with E-state index in [1.807, 2.05) is 0 Å². The van der Waals surface area contributed by atoms with Crippen LogP contribution in [0.4, 0.5) is 0 Å². The first-order valence-electron chi connectivity index (χ1n) is 4.02. The fourth-order valence-electron chi connectivity index (χ4n) is 1.23. The summed E-state index contributed by atoms with van der Waals surface area (Å²) < 4.78 is 0. The smallest absolute Gasteiger partial charge is 0.0499 e. The average Bonchev–Trinajstić information content (AvgIpc) is 2.70. The zero-order valence-electron chi connectivity index (χ0n) is 6.93. The maximum atomic E-state index is 8.97. The molecule has 1 N–H and O–H groups in total. The Hall–Kier alpha value is -0.0800. The van der Waals surface area contributed by atoms with Crippen LogP contribution in [0.3, 0.4) is 0 Å². The van der Waals surface area contributed by atoms with Gasteiger partial charge in [0, 0.05) is 18.6 Å². The van der Waals surface area contributed by atoms with Gasteiger partial charge >= 0.3 is 0 Å². The van der Waals surface area contributed by atoms with Crippen LogP contribution in [0.25, 0.3) is 0 Å². The van der Waals surface area contributed by atoms with Gasteiger partial charge in [-0.25, -0.2) is 0 Å². The summed E-state index contributed by atoms with van der Waals surface area (Å²) >= 11 is 0. The Morgan fingerprint density at radius 3 is 2.40 bits per heavy atom. The van der Waals surface area contributed by atoms with Gasteiger partial charge in [0.1, 0.15) is 0 Å². The minimum atomic E-state index is 0.296. The third-order valence-corrected chi connectivity index (χ3v) is 2.44. The van der Waals surface area contributed by atoms with Crippen LogP contribution in [0, 0.1) is 5.41 Å². The summed E-state index contributed by atoms with van der Waals surface area (Å²) in [6.07, 6.45) is 2.43. The van der Waals surface area contributed by atoms with Crippen molar-refractivity contribution in [3.05, 3.63) is 0 Å². The molecule has 1 rings (SSSR count). The van der Waals surface area contributed by atoms with Crippen molar-refractivity contribution >= 4 is 0 Å². The fraction of sp³-hybridized carbons (Fsp3) is 1.00. The highest BCUT2D eigenvalue weighted by molar-refractivity contribution is 4.94. The normalized spacial score (nSPS) is 21.6. The van der Waals surface area contributed by atoms with Crippen molar-refractivity contribution in [3.8, 4) is 0 Å². The molecule has 0 atom stereocenters. The van der Waals surface area contributed by atoms with Crippen LogP contribution >= 0.6 is 0 Å². The molecular formula is C8H17NO. The summed E-state index contributed by atoms with van der Waals surface area (Å²) in [6.45, 7) is 4.67. The summed E-state index contributed by atoms with van der Waals surface area (Å²) in [5.41, 5.74) is 0.296. The van der Waals surface area contributed by atoms with Gasteiger partial charge in [0.2, 0.25) is 0 Å². The Balaban J connectivity index is 2.23. The Bertz CT molecular complexity index is 110. The first-order chi connectivity index (χ1) is 4.72. The predicted molar refractivity (Wildman–Crippen MR) is 41.9 cm³/mol. The van der Waals surface area contributed by atoms with E-state index in [9.17, 15) is 0 Å². The molecule has 0 heterocycles. The van der Waals surface area contributed by atoms with Crippen LogP contribution < -0.4 is 0 Å². The molecule has 10 heavy (non-hydrogen) atoms. The molecule has 0 unspecified atom stereocenters. The lowest BCUT2D eigenvalue weighted by molar-refractivity contribution is 0.167. The van der Waals surface area contributed by atoms with Crippen molar-refractivity contribution in [3.63, 3.8) is 0 Å². The highest BCUT2D eigenvalue weighted by Gasteiger charge is 2.42. The van der Waals surface area contributed by atoms with Crippen molar-refractivity contribution in [2.75, 3.05) is 26.7 Å². The molecule has 2 nitrogen and oxygen atoms in total. The Labute approximate surface area is 62.8 Å². The maximum Gasteiger partial charge on any atom is 0.0499 e. The maximum absolute atomic E-state index is 8.97. The monoisotopic (exact) mass is 143 g/mol. The molecule has 1 aliphatic carbocycles. The summed E-state index contributed by atoms with van der Waals surface area (Å²) in [5, 5.41) is 8.97. The Morgan fingerprint density at radius 2 is 2.10 bits per heavy atom. The topological polar surface area (TPSA) is 23.5 Å². The third-order valence-electron chi connectivity index (χ3n) is 2.44. The van der Waals surface area contributed by atoms with Crippen molar-refractivity contribution in [1.82, 2.24) is 4.90 Å². The fourth-order valence-corrected chi connectivity index (χ4v) is 1.23. The van der Waals surface area contributed by atoms with Gasteiger partial charge in [0.05, 0.1) is 0 Å². The Morgan fingerprint density at radius 1 is 1.50 bits per heavy atom. The molecule has 0 saturated heterocycles. The number of aliphatic hydroxyl groups excluding tert-OH is 1. The molecule has 1 aliphatic rings. The van der Waals surface area contributed by atoms with Crippen molar-refractivity contribution in [2.45, 2.75) is 19.8 Å². The van der Waals surface area contributed by atoms with E-state index >= 15 is 0 Å². The van der Waals surface area contributed by atoms with Crippen LogP contribution in [0.5, 0.6) is 0 Å². The van der Waals surface area contributed by atoms with Crippen LogP contribution in [0.15, 0.2) is 0 Å². The largest absolute Gasteiger partial charge is 0.396 e. The SMILES string of the molecule is CCN(C)CC1(CO)CC1. The molecule has 0 amide bonds. The predicted octanol–water partition coefficient (Wildman–Crippen LogP) is 0.711. The lowest BCUT2D eigenvalue weighted by Crippen LogP contribution is -2.28. The molecule has 1 saturated carbocycles. The van der Waals surface area contributed by atoms with Crippen LogP contribution in [-0.2, 0) is 0 Å². The molecule has 2 heteroatoms. The zero-order chi connectivity index (χ0) is 7.61. The van der Waals surface area contributed by atoms with Gasteiger partial charge in [-0.05, 0) is 26.4 Å². The summed E-state index contributed by atoms with van der Waals surface area (Å²) in [7, 11) is 2.11. The van der Waals surface area contributed by atoms with E-state index in [0.717, 1.165) is 13.1 Å². The highest BCUT2D eigenvalue weighted by Crippen LogP contribution is 2.45. The van der Waals surface area contributed by atoms with Gasteiger partial charge in [-0.2, -0.15) is 0 Å². The van der Waals surface area contributed by atoms with Crippen LogP contribution in [0.1, 0.15) is 19.8 Å². The van der Waals surface area contributed by atoms with Gasteiger partial charge in [0.25, 0.3) is 0 Å². The highest BCUT2D eigenvalue weighted by atomic mass is 16.3. The molecule has 0 aromatic heterocycles. The summed E-state index contributed by atoms with van der Waals surface area (Å²) in [4.78, 5) is 2.27. The minimum Gasteiger partial charge on any atom is -0.396 e. The second kappa shape index (κ2) is 2.89. The summed E-state index contributed by atoms with van der Waals surface area (Å²) in [6, 6.07) is 0. The number of hydrogen-bond donors (Lipinski definition) is 1. The minimum absolute atomic E-state index is 0.296. The number of nitrogens with zero attached hydrogens (tertiary/aromatic N) is 1. The van der Waals surface area contributed by atoms with Gasteiger partial charge in [-0.1, -0.05) is 6.92 Å². The van der Waals surface area contributed by atoms with Crippen molar-refractivity contribution < 1.29 is 5.11 Å². The first kappa shape index (κ1) is 8.02.